The topological polar surface area (TPSA) is 276 Å². The van der Waals surface area contributed by atoms with E-state index < -0.39 is 54.3 Å². The zero-order chi connectivity index (χ0) is 28.0. The van der Waals surface area contributed by atoms with E-state index in [1.807, 2.05) is 0 Å². The first-order valence-electron chi connectivity index (χ1n) is 9.20. The molecule has 7 N–H and O–H groups in total. The molecule has 0 aliphatic heterocycles. The molecule has 0 aliphatic rings. The van der Waals surface area contributed by atoms with Gasteiger partial charge in [-0.1, -0.05) is 48.6 Å². The number of aromatic carboxylic acids is 1. The Kier molecular flexibility index (Phi) is 33.0. The van der Waals surface area contributed by atoms with Crippen LogP contribution < -0.4 is 96.9 Å². The molecule has 1 aromatic rings. The van der Waals surface area contributed by atoms with Gasteiger partial charge >= 0.3 is 105 Å². The summed E-state index contributed by atoms with van der Waals surface area (Å²) in [5.41, 5.74) is 2.05. The van der Waals surface area contributed by atoms with Gasteiger partial charge in [0, 0.05) is 0 Å². The van der Waals surface area contributed by atoms with Crippen LogP contribution in [-0.4, -0.2) is 73.5 Å². The van der Waals surface area contributed by atoms with E-state index in [2.05, 4.69) is 5.73 Å². The van der Waals surface area contributed by atoms with Gasteiger partial charge in [0.25, 0.3) is 0 Å². The summed E-state index contributed by atoms with van der Waals surface area (Å²) in [5.74, 6) is -8.28. The van der Waals surface area contributed by atoms with Crippen molar-refractivity contribution in [1.82, 2.24) is 0 Å². The van der Waals surface area contributed by atoms with E-state index in [-0.39, 0.29) is 93.1 Å². The van der Waals surface area contributed by atoms with Crippen molar-refractivity contribution in [3.63, 3.8) is 0 Å². The second kappa shape index (κ2) is 27.1. The molecular weight excluding hydrogens is 536 g/mol. The van der Waals surface area contributed by atoms with Crippen molar-refractivity contribution in [2.45, 2.75) is 25.4 Å². The van der Waals surface area contributed by atoms with Crippen LogP contribution in [0.4, 0.5) is 0 Å². The predicted molar refractivity (Wildman–Crippen MR) is 114 cm³/mol. The molecular formula is C21H25KNNaO13. The van der Waals surface area contributed by atoms with E-state index in [1.165, 1.54) is 18.2 Å². The van der Waals surface area contributed by atoms with Crippen LogP contribution >= 0.6 is 0 Å². The number of rotatable bonds is 9. The van der Waals surface area contributed by atoms with Crippen molar-refractivity contribution >= 4 is 35.8 Å². The van der Waals surface area contributed by atoms with E-state index in [1.54, 1.807) is 37.3 Å². The predicted octanol–water partition coefficient (Wildman–Crippen LogP) is -8.29. The third-order valence-electron chi connectivity index (χ3n) is 3.01. The molecule has 0 aliphatic carbocycles. The summed E-state index contributed by atoms with van der Waals surface area (Å²) < 4.78 is 0. The number of carbonyl (C=O) groups excluding carboxylic acids is 2. The number of carboxylic acid groups (broad SMARTS) is 6. The molecule has 194 valence electrons. The Morgan fingerprint density at radius 3 is 1.49 bits per heavy atom. The summed E-state index contributed by atoms with van der Waals surface area (Å²) in [6, 6.07) is 8.06. The Hall–Kier alpha value is -1.92. The molecule has 0 amide bonds. The number of hydrogen-bond acceptors (Lipinski definition) is 10. The van der Waals surface area contributed by atoms with Crippen molar-refractivity contribution in [3.05, 3.63) is 60.2 Å². The monoisotopic (exact) mass is 561 g/mol. The van der Waals surface area contributed by atoms with E-state index in [0.29, 0.717) is 0 Å². The summed E-state index contributed by atoms with van der Waals surface area (Å²) in [5, 5.41) is 61.1. The number of carboxylic acids is 6. The van der Waals surface area contributed by atoms with Crippen LogP contribution in [0.3, 0.4) is 0 Å². The van der Waals surface area contributed by atoms with Gasteiger partial charge in [0.05, 0.1) is 31.3 Å². The van der Waals surface area contributed by atoms with E-state index in [4.69, 9.17) is 25.5 Å². The molecule has 0 aromatic heterocycles. The van der Waals surface area contributed by atoms with Gasteiger partial charge in [0.15, 0.2) is 5.60 Å². The number of nitrogens with two attached hydrogens (primary N) is 1. The van der Waals surface area contributed by atoms with Gasteiger partial charge in [-0.3, -0.25) is 14.4 Å². The number of aliphatic carboxylic acids is 5. The maximum absolute atomic E-state index is 10.3. The smallest absolute Gasteiger partial charge is 0.545 e. The standard InChI is InChI=1S/C7H6O2.C6H8O7.C6H8O2.C2H5NO2.K.Na/c8-7(9)6-4-2-1-3-5-6;7-3(8)1-6(13,5(11)12)2-4(9)10;1-2-3-4-5-6(7)8;3-1-2(4)5;;/h1-5H,(H,8,9);13H,1-2H2,(H,7,8)(H,9,10)(H,11,12);2-5H,1H3,(H,7,8);1,3H2,(H,4,5);;/q;;;;2*+1/p-2/b;;3-2+,5-4+;;;. The molecule has 0 saturated heterocycles. The summed E-state index contributed by atoms with van der Waals surface area (Å²) in [6.07, 6.45) is 3.45. The Morgan fingerprint density at radius 2 is 1.27 bits per heavy atom. The van der Waals surface area contributed by atoms with Gasteiger partial charge in [0.2, 0.25) is 0 Å². The van der Waals surface area contributed by atoms with Gasteiger partial charge in [-0.05, 0) is 18.6 Å². The van der Waals surface area contributed by atoms with Crippen molar-refractivity contribution < 1.29 is 145 Å². The summed E-state index contributed by atoms with van der Waals surface area (Å²) in [6.45, 7) is 1.53. The Bertz CT molecular complexity index is 889. The van der Waals surface area contributed by atoms with Crippen molar-refractivity contribution in [2.24, 2.45) is 5.73 Å². The van der Waals surface area contributed by atoms with Crippen LogP contribution in [0.2, 0.25) is 0 Å². The molecule has 0 radical (unpaired) electrons. The van der Waals surface area contributed by atoms with Gasteiger partial charge in [0.1, 0.15) is 0 Å². The van der Waals surface area contributed by atoms with Crippen LogP contribution in [0, 0.1) is 0 Å². The van der Waals surface area contributed by atoms with Crippen LogP contribution in [0.15, 0.2) is 54.6 Å². The van der Waals surface area contributed by atoms with E-state index >= 15 is 0 Å². The Labute approximate surface area is 276 Å². The Morgan fingerprint density at radius 1 is 0.865 bits per heavy atom. The number of allylic oxidation sites excluding steroid dienone is 3. The molecule has 0 atom stereocenters. The molecule has 16 heteroatoms. The number of hydrogen-bond donors (Lipinski definition) is 6. The minimum absolute atomic E-state index is 0. The van der Waals surface area contributed by atoms with Crippen LogP contribution in [0.25, 0.3) is 0 Å². The summed E-state index contributed by atoms with van der Waals surface area (Å²) in [4.78, 5) is 59.5. The molecule has 0 fully saturated rings. The molecule has 1 rings (SSSR count). The van der Waals surface area contributed by atoms with E-state index in [0.717, 1.165) is 6.08 Å². The molecule has 0 heterocycles. The summed E-state index contributed by atoms with van der Waals surface area (Å²) >= 11 is 0. The minimum atomic E-state index is -2.74. The molecule has 0 bridgehead atoms. The quantitative estimate of drug-likeness (QED) is 0.0928. The third-order valence-corrected chi connectivity index (χ3v) is 3.01. The average molecular weight is 562 g/mol. The Balaban J connectivity index is -0.000000127. The molecule has 1 aromatic carbocycles. The first kappa shape index (κ1) is 45.0. The molecule has 37 heavy (non-hydrogen) atoms. The van der Waals surface area contributed by atoms with Crippen molar-refractivity contribution in [3.8, 4) is 0 Å². The van der Waals surface area contributed by atoms with Gasteiger partial charge < -0.3 is 51.1 Å². The van der Waals surface area contributed by atoms with Gasteiger partial charge in [-0.25, -0.2) is 4.79 Å². The molecule has 0 saturated carbocycles. The third kappa shape index (κ3) is 32.0. The van der Waals surface area contributed by atoms with Gasteiger partial charge in [-0.15, -0.1) is 0 Å². The maximum atomic E-state index is 10.3. The fraction of sp³-hybridized carbons (Fsp3) is 0.238. The second-order valence-electron chi connectivity index (χ2n) is 5.93. The molecule has 0 spiro atoms. The van der Waals surface area contributed by atoms with Crippen LogP contribution in [0.1, 0.15) is 30.1 Å². The van der Waals surface area contributed by atoms with E-state index in [9.17, 15) is 39.0 Å². The maximum Gasteiger partial charge on any atom is 1.00 e. The normalized spacial score (nSPS) is 9.38. The fourth-order valence-electron chi connectivity index (χ4n) is 1.53. The van der Waals surface area contributed by atoms with Crippen molar-refractivity contribution in [2.75, 3.05) is 6.54 Å². The minimum Gasteiger partial charge on any atom is -0.545 e. The van der Waals surface area contributed by atoms with Crippen LogP contribution in [-0.2, 0) is 24.0 Å². The zero-order valence-electron chi connectivity index (χ0n) is 20.4. The van der Waals surface area contributed by atoms with Crippen molar-refractivity contribution in [1.29, 1.82) is 0 Å². The number of benzene rings is 1. The molecule has 14 nitrogen and oxygen atoms in total. The number of carbonyl (C=O) groups is 6. The number of aliphatic hydroxyl groups is 1. The largest absolute Gasteiger partial charge is 1.00 e. The summed E-state index contributed by atoms with van der Waals surface area (Å²) in [7, 11) is 0. The zero-order valence-corrected chi connectivity index (χ0v) is 25.5. The average Bonchev–Trinajstić information content (AvgIpc) is 2.74. The van der Waals surface area contributed by atoms with Crippen LogP contribution in [0.5, 0.6) is 0 Å². The van der Waals surface area contributed by atoms with Gasteiger partial charge in [-0.2, -0.15) is 0 Å². The SMILES string of the molecule is C/C=C/C=C/C(=O)[O-].NCC(=O)O.O=C(O)CC(O)(CC(=O)O)C(=O)O.O=C([O-])c1ccccc1.[K+].[Na+]. The first-order chi connectivity index (χ1) is 16.1. The first-order valence-corrected chi connectivity index (χ1v) is 9.20. The molecule has 0 unspecified atom stereocenters. The second-order valence-corrected chi connectivity index (χ2v) is 5.93. The fourth-order valence-corrected chi connectivity index (χ4v) is 1.53.